The second-order valence-corrected chi connectivity index (χ2v) is 5.72. The van der Waals surface area contributed by atoms with Crippen molar-refractivity contribution < 1.29 is 4.74 Å². The Bertz CT molecular complexity index is 1120. The monoisotopic (exact) mass is 338 g/mol. The van der Waals surface area contributed by atoms with E-state index in [1.807, 2.05) is 42.5 Å². The van der Waals surface area contributed by atoms with Gasteiger partial charge in [0.05, 0.1) is 29.6 Å². The lowest BCUT2D eigenvalue weighted by Crippen LogP contribution is -1.96. The van der Waals surface area contributed by atoms with E-state index in [9.17, 15) is 0 Å². The molecule has 0 aliphatic carbocycles. The number of methoxy groups -OCH3 is 1. The maximum Gasteiger partial charge on any atom is 0.224 e. The Hall–Kier alpha value is -3.78. The summed E-state index contributed by atoms with van der Waals surface area (Å²) in [6.45, 7) is 0. The summed E-state index contributed by atoms with van der Waals surface area (Å²) in [5, 5.41) is 9.78. The molecule has 0 amide bonds. The molecule has 0 aliphatic heterocycles. The highest BCUT2D eigenvalue weighted by molar-refractivity contribution is 5.89. The van der Waals surface area contributed by atoms with E-state index in [2.05, 4.69) is 21.0 Å². The van der Waals surface area contributed by atoms with Crippen molar-refractivity contribution >= 4 is 10.9 Å². The van der Waals surface area contributed by atoms with Gasteiger partial charge in [0.2, 0.25) is 5.88 Å². The first-order chi connectivity index (χ1) is 12.8. The summed E-state index contributed by atoms with van der Waals surface area (Å²) in [5.41, 5.74) is 4.30. The predicted molar refractivity (Wildman–Crippen MR) is 99.5 cm³/mol. The first-order valence-corrected chi connectivity index (χ1v) is 8.05. The zero-order valence-corrected chi connectivity index (χ0v) is 14.0. The van der Waals surface area contributed by atoms with Gasteiger partial charge in [-0.2, -0.15) is 10.2 Å². The van der Waals surface area contributed by atoms with E-state index in [1.54, 1.807) is 31.6 Å². The number of benzene rings is 2. The van der Waals surface area contributed by atoms with Gasteiger partial charge < -0.3 is 4.74 Å². The standard InChI is InChI=1S/C21H14N4O/c1-26-21-18-11-16(15-6-4-14(12-22)5-7-15)8-9-19(18)24-20(25-21)17-3-2-10-23-13-17/h2-11,13H,1H3. The van der Waals surface area contributed by atoms with Crippen LogP contribution in [0.2, 0.25) is 0 Å². The zero-order chi connectivity index (χ0) is 17.9. The minimum Gasteiger partial charge on any atom is -0.480 e. The minimum absolute atomic E-state index is 0.518. The first kappa shape index (κ1) is 15.7. The molecule has 4 aromatic rings. The predicted octanol–water partition coefficient (Wildman–Crippen LogP) is 4.24. The van der Waals surface area contributed by atoms with Crippen molar-refractivity contribution in [2.45, 2.75) is 0 Å². The van der Waals surface area contributed by atoms with Crippen LogP contribution in [0.1, 0.15) is 5.56 Å². The fraction of sp³-hybridized carbons (Fsp3) is 0.0476. The van der Waals surface area contributed by atoms with Crippen molar-refractivity contribution in [2.75, 3.05) is 7.11 Å². The molecule has 0 atom stereocenters. The Morgan fingerprint density at radius 1 is 0.923 bits per heavy atom. The van der Waals surface area contributed by atoms with Crippen molar-refractivity contribution in [1.82, 2.24) is 15.0 Å². The maximum atomic E-state index is 8.94. The Kier molecular flexibility index (Phi) is 4.00. The van der Waals surface area contributed by atoms with E-state index in [-0.39, 0.29) is 0 Å². The highest BCUT2D eigenvalue weighted by Gasteiger charge is 2.11. The first-order valence-electron chi connectivity index (χ1n) is 8.05. The van der Waals surface area contributed by atoms with E-state index in [4.69, 9.17) is 10.00 Å². The summed E-state index contributed by atoms with van der Waals surface area (Å²) in [5.74, 6) is 1.10. The maximum absolute atomic E-state index is 8.94. The Labute approximate surface area is 150 Å². The number of nitriles is 1. The summed E-state index contributed by atoms with van der Waals surface area (Å²) in [6.07, 6.45) is 3.44. The van der Waals surface area contributed by atoms with Crippen molar-refractivity contribution in [3.8, 4) is 34.5 Å². The van der Waals surface area contributed by atoms with Crippen LogP contribution < -0.4 is 4.74 Å². The molecule has 5 heteroatoms. The van der Waals surface area contributed by atoms with Crippen LogP contribution in [0.3, 0.4) is 0 Å². The number of hydrogen-bond acceptors (Lipinski definition) is 5. The molecular weight excluding hydrogens is 324 g/mol. The number of pyridine rings is 1. The summed E-state index contributed by atoms with van der Waals surface area (Å²) >= 11 is 0. The van der Waals surface area contributed by atoms with E-state index in [1.165, 1.54) is 0 Å². The Balaban J connectivity index is 1.84. The second-order valence-electron chi connectivity index (χ2n) is 5.72. The van der Waals surface area contributed by atoms with E-state index < -0.39 is 0 Å². The summed E-state index contributed by atoms with van der Waals surface area (Å²) in [6, 6.07) is 19.3. The smallest absolute Gasteiger partial charge is 0.224 e. The van der Waals surface area contributed by atoms with E-state index in [0.717, 1.165) is 27.6 Å². The Morgan fingerprint density at radius 2 is 1.73 bits per heavy atom. The van der Waals surface area contributed by atoms with Crippen molar-refractivity contribution in [3.63, 3.8) is 0 Å². The van der Waals surface area contributed by atoms with Crippen LogP contribution in [0, 0.1) is 11.3 Å². The number of rotatable bonds is 3. The molecule has 0 radical (unpaired) electrons. The lowest BCUT2D eigenvalue weighted by atomic mass is 10.0. The van der Waals surface area contributed by atoms with Gasteiger partial charge in [0, 0.05) is 18.0 Å². The van der Waals surface area contributed by atoms with Crippen molar-refractivity contribution in [1.29, 1.82) is 5.26 Å². The Morgan fingerprint density at radius 3 is 2.42 bits per heavy atom. The number of aromatic nitrogens is 3. The normalized spacial score (nSPS) is 10.5. The highest BCUT2D eigenvalue weighted by atomic mass is 16.5. The molecule has 0 bridgehead atoms. The molecule has 2 heterocycles. The lowest BCUT2D eigenvalue weighted by Gasteiger charge is -2.09. The van der Waals surface area contributed by atoms with Crippen LogP contribution >= 0.6 is 0 Å². The zero-order valence-electron chi connectivity index (χ0n) is 14.0. The average molecular weight is 338 g/mol. The molecule has 4 rings (SSSR count). The molecule has 0 unspecified atom stereocenters. The SMILES string of the molecule is COc1nc(-c2cccnc2)nc2ccc(-c3ccc(C#N)cc3)cc12. The molecule has 2 aromatic carbocycles. The summed E-state index contributed by atoms with van der Waals surface area (Å²) < 4.78 is 5.50. The van der Waals surface area contributed by atoms with Gasteiger partial charge in [-0.3, -0.25) is 4.98 Å². The average Bonchev–Trinajstić information content (AvgIpc) is 2.73. The third kappa shape index (κ3) is 2.85. The van der Waals surface area contributed by atoms with Crippen molar-refractivity contribution in [2.24, 2.45) is 0 Å². The van der Waals surface area contributed by atoms with Gasteiger partial charge in [-0.25, -0.2) is 4.98 Å². The molecule has 0 spiro atoms. The number of hydrogen-bond donors (Lipinski definition) is 0. The van der Waals surface area contributed by atoms with Gasteiger partial charge >= 0.3 is 0 Å². The topological polar surface area (TPSA) is 71.7 Å². The quantitative estimate of drug-likeness (QED) is 0.559. The van der Waals surface area contributed by atoms with Gasteiger partial charge in [-0.1, -0.05) is 18.2 Å². The molecule has 26 heavy (non-hydrogen) atoms. The molecule has 0 aliphatic rings. The third-order valence-electron chi connectivity index (χ3n) is 4.12. The number of ether oxygens (including phenoxy) is 1. The number of fused-ring (bicyclic) bond motifs is 1. The van der Waals surface area contributed by atoms with Gasteiger partial charge in [0.15, 0.2) is 5.82 Å². The van der Waals surface area contributed by atoms with Crippen LogP contribution in [0.15, 0.2) is 67.0 Å². The van der Waals surface area contributed by atoms with Crippen molar-refractivity contribution in [3.05, 3.63) is 72.6 Å². The largest absolute Gasteiger partial charge is 0.480 e. The number of nitrogens with zero attached hydrogens (tertiary/aromatic N) is 4. The molecular formula is C21H14N4O. The molecule has 2 aromatic heterocycles. The molecule has 0 saturated heterocycles. The van der Waals surface area contributed by atoms with Crippen LogP contribution in [-0.2, 0) is 0 Å². The summed E-state index contributed by atoms with van der Waals surface area (Å²) in [4.78, 5) is 13.3. The van der Waals surface area contributed by atoms with Crippen LogP contribution in [0.4, 0.5) is 0 Å². The lowest BCUT2D eigenvalue weighted by molar-refractivity contribution is 0.403. The molecule has 0 N–H and O–H groups in total. The molecule has 124 valence electrons. The fourth-order valence-electron chi connectivity index (χ4n) is 2.80. The molecule has 0 saturated carbocycles. The molecule has 5 nitrogen and oxygen atoms in total. The third-order valence-corrected chi connectivity index (χ3v) is 4.12. The highest BCUT2D eigenvalue weighted by Crippen LogP contribution is 2.30. The van der Waals surface area contributed by atoms with Gasteiger partial charge in [0.1, 0.15) is 0 Å². The van der Waals surface area contributed by atoms with Crippen LogP contribution in [-0.4, -0.2) is 22.1 Å². The summed E-state index contributed by atoms with van der Waals surface area (Å²) in [7, 11) is 1.60. The van der Waals surface area contributed by atoms with Gasteiger partial charge in [0.25, 0.3) is 0 Å². The van der Waals surface area contributed by atoms with Gasteiger partial charge in [-0.05, 0) is 47.5 Å². The van der Waals surface area contributed by atoms with E-state index in [0.29, 0.717) is 17.3 Å². The molecule has 0 fully saturated rings. The minimum atomic E-state index is 0.518. The fourth-order valence-corrected chi connectivity index (χ4v) is 2.80. The second kappa shape index (κ2) is 6.61. The van der Waals surface area contributed by atoms with Gasteiger partial charge in [-0.15, -0.1) is 0 Å². The van der Waals surface area contributed by atoms with E-state index >= 15 is 0 Å². The van der Waals surface area contributed by atoms with Crippen LogP contribution in [0.25, 0.3) is 33.4 Å². The van der Waals surface area contributed by atoms with Crippen LogP contribution in [0.5, 0.6) is 5.88 Å².